The number of thiazole rings is 1. The summed E-state index contributed by atoms with van der Waals surface area (Å²) in [5, 5.41) is 1.17. The Labute approximate surface area is 95.3 Å². The van der Waals surface area contributed by atoms with Crippen LogP contribution < -0.4 is 10.6 Å². The Morgan fingerprint density at radius 3 is 2.53 bits per heavy atom. The van der Waals surface area contributed by atoms with Crippen LogP contribution in [0, 0.1) is 6.92 Å². The predicted molar refractivity (Wildman–Crippen MR) is 65.5 cm³/mol. The van der Waals surface area contributed by atoms with E-state index in [1.807, 2.05) is 6.92 Å². The third kappa shape index (κ3) is 2.32. The number of nitrogens with two attached hydrogens (primary N) is 1. The summed E-state index contributed by atoms with van der Waals surface area (Å²) in [7, 11) is 0. The second kappa shape index (κ2) is 4.49. The van der Waals surface area contributed by atoms with Gasteiger partial charge in [0.15, 0.2) is 5.13 Å². The molecule has 4 heteroatoms. The first-order valence-corrected chi connectivity index (χ1v) is 6.48. The van der Waals surface area contributed by atoms with Gasteiger partial charge in [-0.15, -0.1) is 11.3 Å². The molecular weight excluding hydrogens is 206 g/mol. The zero-order chi connectivity index (χ0) is 10.8. The average Bonchev–Trinajstić information content (AvgIpc) is 2.62. The Hall–Kier alpha value is -0.610. The zero-order valence-corrected chi connectivity index (χ0v) is 10.3. The van der Waals surface area contributed by atoms with Crippen LogP contribution in [0.3, 0.4) is 0 Å². The maximum Gasteiger partial charge on any atom is 0.185 e. The van der Waals surface area contributed by atoms with Gasteiger partial charge < -0.3 is 10.6 Å². The molecule has 1 aliphatic heterocycles. The van der Waals surface area contributed by atoms with E-state index in [2.05, 4.69) is 16.8 Å². The molecule has 0 saturated carbocycles. The third-order valence-electron chi connectivity index (χ3n) is 2.86. The number of hydrogen-bond donors (Lipinski definition) is 1. The molecule has 0 aromatic carbocycles. The fraction of sp³-hybridized carbons (Fsp3) is 0.727. The maximum atomic E-state index is 5.91. The number of aromatic nitrogens is 1. The Morgan fingerprint density at radius 1 is 1.33 bits per heavy atom. The highest BCUT2D eigenvalue weighted by molar-refractivity contribution is 7.15. The van der Waals surface area contributed by atoms with Crippen LogP contribution in [0.5, 0.6) is 0 Å². The lowest BCUT2D eigenvalue weighted by Gasteiger charge is -2.25. The summed E-state index contributed by atoms with van der Waals surface area (Å²) >= 11 is 1.76. The molecule has 2 rings (SSSR count). The molecule has 2 heterocycles. The van der Waals surface area contributed by atoms with Gasteiger partial charge in [-0.1, -0.05) is 0 Å². The molecule has 1 aliphatic rings. The van der Waals surface area contributed by atoms with Gasteiger partial charge in [0.1, 0.15) is 0 Å². The molecule has 1 aromatic rings. The monoisotopic (exact) mass is 225 g/mol. The lowest BCUT2D eigenvalue weighted by molar-refractivity contribution is 0.576. The highest BCUT2D eigenvalue weighted by Gasteiger charge is 2.17. The van der Waals surface area contributed by atoms with Crippen molar-refractivity contribution in [1.82, 2.24) is 4.98 Å². The molecular formula is C11H19N3S. The minimum absolute atomic E-state index is 0.112. The topological polar surface area (TPSA) is 42.2 Å². The van der Waals surface area contributed by atoms with Crippen molar-refractivity contribution >= 4 is 16.5 Å². The number of anilines is 1. The summed E-state index contributed by atoms with van der Waals surface area (Å²) in [5.41, 5.74) is 7.02. The van der Waals surface area contributed by atoms with Gasteiger partial charge in [-0.2, -0.15) is 0 Å². The van der Waals surface area contributed by atoms with Crippen molar-refractivity contribution in [2.45, 2.75) is 39.2 Å². The predicted octanol–water partition coefficient (Wildman–Crippen LogP) is 2.46. The number of aryl methyl sites for hydroxylation is 1. The van der Waals surface area contributed by atoms with E-state index in [1.54, 1.807) is 11.3 Å². The van der Waals surface area contributed by atoms with E-state index in [0.717, 1.165) is 18.8 Å². The lowest BCUT2D eigenvalue weighted by Crippen LogP contribution is -2.29. The van der Waals surface area contributed by atoms with Gasteiger partial charge in [0.05, 0.1) is 5.69 Å². The minimum Gasteiger partial charge on any atom is -0.348 e. The molecule has 0 aliphatic carbocycles. The molecule has 1 atom stereocenters. The maximum absolute atomic E-state index is 5.91. The second-order valence-electron chi connectivity index (χ2n) is 4.28. The minimum atomic E-state index is 0.112. The van der Waals surface area contributed by atoms with E-state index in [0.29, 0.717) is 0 Å². The van der Waals surface area contributed by atoms with Crippen molar-refractivity contribution in [3.63, 3.8) is 0 Å². The Morgan fingerprint density at radius 2 is 2.00 bits per heavy atom. The van der Waals surface area contributed by atoms with Gasteiger partial charge in [-0.05, 0) is 33.1 Å². The van der Waals surface area contributed by atoms with Gasteiger partial charge in [0.25, 0.3) is 0 Å². The van der Waals surface area contributed by atoms with E-state index >= 15 is 0 Å². The number of rotatable bonds is 2. The van der Waals surface area contributed by atoms with Gasteiger partial charge >= 0.3 is 0 Å². The quantitative estimate of drug-likeness (QED) is 0.840. The van der Waals surface area contributed by atoms with Crippen LogP contribution in [0.2, 0.25) is 0 Å². The molecule has 1 saturated heterocycles. The van der Waals surface area contributed by atoms with Crippen LogP contribution in [0.4, 0.5) is 5.13 Å². The van der Waals surface area contributed by atoms with Crippen molar-refractivity contribution in [2.24, 2.45) is 5.73 Å². The van der Waals surface area contributed by atoms with Crippen LogP contribution >= 0.6 is 11.3 Å². The largest absolute Gasteiger partial charge is 0.348 e. The smallest absolute Gasteiger partial charge is 0.185 e. The molecule has 1 unspecified atom stereocenters. The van der Waals surface area contributed by atoms with Gasteiger partial charge in [-0.3, -0.25) is 0 Å². The highest BCUT2D eigenvalue weighted by atomic mass is 32.1. The Balaban J connectivity index is 2.17. The molecule has 0 radical (unpaired) electrons. The van der Waals surface area contributed by atoms with E-state index in [9.17, 15) is 0 Å². The first kappa shape index (κ1) is 10.9. The molecule has 0 amide bonds. The van der Waals surface area contributed by atoms with Crippen LogP contribution in [0.1, 0.15) is 42.8 Å². The summed E-state index contributed by atoms with van der Waals surface area (Å²) in [5.74, 6) is 0. The Bertz CT molecular complexity index is 327. The van der Waals surface area contributed by atoms with Crippen LogP contribution in [-0.2, 0) is 0 Å². The molecule has 15 heavy (non-hydrogen) atoms. The van der Waals surface area contributed by atoms with E-state index < -0.39 is 0 Å². The molecule has 1 aromatic heterocycles. The number of piperidine rings is 1. The second-order valence-corrected chi connectivity index (χ2v) is 5.29. The van der Waals surface area contributed by atoms with Gasteiger partial charge in [-0.25, -0.2) is 4.98 Å². The molecule has 1 fully saturated rings. The fourth-order valence-electron chi connectivity index (χ4n) is 2.04. The SMILES string of the molecule is Cc1nc(N2CCCCC2)sc1C(C)N. The first-order chi connectivity index (χ1) is 7.18. The van der Waals surface area contributed by atoms with E-state index in [-0.39, 0.29) is 6.04 Å². The van der Waals surface area contributed by atoms with Crippen LogP contribution in [0.15, 0.2) is 0 Å². The third-order valence-corrected chi connectivity index (χ3v) is 4.28. The first-order valence-electron chi connectivity index (χ1n) is 5.66. The molecule has 3 nitrogen and oxygen atoms in total. The van der Waals surface area contributed by atoms with Crippen LogP contribution in [0.25, 0.3) is 0 Å². The molecule has 0 spiro atoms. The summed E-state index contributed by atoms with van der Waals surface area (Å²) in [6.07, 6.45) is 3.96. The van der Waals surface area contributed by atoms with Gasteiger partial charge in [0, 0.05) is 24.0 Å². The number of hydrogen-bond acceptors (Lipinski definition) is 4. The van der Waals surface area contributed by atoms with E-state index in [1.165, 1.54) is 29.3 Å². The highest BCUT2D eigenvalue weighted by Crippen LogP contribution is 2.31. The fourth-order valence-corrected chi connectivity index (χ4v) is 3.11. The standard InChI is InChI=1S/C11H19N3S/c1-8(12)10-9(2)13-11(15-10)14-6-4-3-5-7-14/h8H,3-7,12H2,1-2H3. The lowest BCUT2D eigenvalue weighted by atomic mass is 10.1. The number of nitrogens with zero attached hydrogens (tertiary/aromatic N) is 2. The molecule has 2 N–H and O–H groups in total. The zero-order valence-electron chi connectivity index (χ0n) is 9.49. The summed E-state index contributed by atoms with van der Waals surface area (Å²) in [6.45, 7) is 6.40. The average molecular weight is 225 g/mol. The van der Waals surface area contributed by atoms with Crippen molar-refractivity contribution in [2.75, 3.05) is 18.0 Å². The van der Waals surface area contributed by atoms with Crippen molar-refractivity contribution < 1.29 is 0 Å². The Kier molecular flexibility index (Phi) is 3.26. The molecule has 84 valence electrons. The molecule has 0 bridgehead atoms. The van der Waals surface area contributed by atoms with Crippen molar-refractivity contribution in [3.8, 4) is 0 Å². The van der Waals surface area contributed by atoms with Crippen molar-refractivity contribution in [1.29, 1.82) is 0 Å². The van der Waals surface area contributed by atoms with Crippen LogP contribution in [-0.4, -0.2) is 18.1 Å². The summed E-state index contributed by atoms with van der Waals surface area (Å²) in [6, 6.07) is 0.112. The van der Waals surface area contributed by atoms with Gasteiger partial charge in [0.2, 0.25) is 0 Å². The van der Waals surface area contributed by atoms with Crippen molar-refractivity contribution in [3.05, 3.63) is 10.6 Å². The normalized spacial score (nSPS) is 19.3. The van der Waals surface area contributed by atoms with E-state index in [4.69, 9.17) is 5.73 Å². The summed E-state index contributed by atoms with van der Waals surface area (Å²) in [4.78, 5) is 8.25. The summed E-state index contributed by atoms with van der Waals surface area (Å²) < 4.78 is 0.